The predicted octanol–water partition coefficient (Wildman–Crippen LogP) is 1.52. The highest BCUT2D eigenvalue weighted by atomic mass is 32.2. The standard InChI is InChI=1S/C13H20N2O4S/c1-3-4-5-8-15-20(17,18)12-7-6-10(14)9-11(12)13(16)19-2/h6-7,9,15H,3-5,8,14H2,1-2H3. The van der Waals surface area contributed by atoms with E-state index in [-0.39, 0.29) is 10.5 Å². The summed E-state index contributed by atoms with van der Waals surface area (Å²) in [6.07, 6.45) is 2.68. The number of benzene rings is 1. The van der Waals surface area contributed by atoms with Crippen LogP contribution in [0.25, 0.3) is 0 Å². The number of esters is 1. The second-order valence-electron chi connectivity index (χ2n) is 4.35. The molecule has 0 saturated carbocycles. The summed E-state index contributed by atoms with van der Waals surface area (Å²) < 4.78 is 31.4. The Morgan fingerprint density at radius 3 is 2.65 bits per heavy atom. The van der Waals surface area contributed by atoms with Crippen molar-refractivity contribution in [2.75, 3.05) is 19.4 Å². The molecule has 0 atom stereocenters. The Hall–Kier alpha value is -1.60. The molecule has 0 aliphatic carbocycles. The molecule has 3 N–H and O–H groups in total. The number of nitrogens with two attached hydrogens (primary N) is 1. The zero-order valence-electron chi connectivity index (χ0n) is 11.7. The van der Waals surface area contributed by atoms with Crippen LogP contribution in [0.4, 0.5) is 5.69 Å². The molecule has 0 amide bonds. The predicted molar refractivity (Wildman–Crippen MR) is 76.9 cm³/mol. The number of hydrogen-bond acceptors (Lipinski definition) is 5. The highest BCUT2D eigenvalue weighted by Crippen LogP contribution is 2.19. The van der Waals surface area contributed by atoms with Gasteiger partial charge in [0.1, 0.15) is 0 Å². The van der Waals surface area contributed by atoms with Crippen LogP contribution in [0.3, 0.4) is 0 Å². The van der Waals surface area contributed by atoms with Crippen LogP contribution < -0.4 is 10.5 Å². The molecule has 0 saturated heterocycles. The Morgan fingerprint density at radius 2 is 2.05 bits per heavy atom. The van der Waals surface area contributed by atoms with Gasteiger partial charge in [-0.25, -0.2) is 17.9 Å². The summed E-state index contributed by atoms with van der Waals surface area (Å²) in [5, 5.41) is 0. The Balaban J connectivity index is 3.02. The molecular weight excluding hydrogens is 280 g/mol. The first kappa shape index (κ1) is 16.5. The van der Waals surface area contributed by atoms with Crippen LogP contribution in [0.2, 0.25) is 0 Å². The van der Waals surface area contributed by atoms with E-state index in [1.54, 1.807) is 0 Å². The molecule has 0 spiro atoms. The Morgan fingerprint density at radius 1 is 1.35 bits per heavy atom. The van der Waals surface area contributed by atoms with Crippen molar-refractivity contribution in [2.45, 2.75) is 31.1 Å². The summed E-state index contributed by atoms with van der Waals surface area (Å²) >= 11 is 0. The van der Waals surface area contributed by atoms with Gasteiger partial charge in [-0.2, -0.15) is 0 Å². The average molecular weight is 300 g/mol. The number of hydrogen-bond donors (Lipinski definition) is 2. The molecule has 0 aliphatic rings. The number of nitrogen functional groups attached to an aromatic ring is 1. The van der Waals surface area contributed by atoms with Crippen molar-refractivity contribution in [1.82, 2.24) is 4.72 Å². The van der Waals surface area contributed by atoms with Crippen molar-refractivity contribution in [3.63, 3.8) is 0 Å². The van der Waals surface area contributed by atoms with Gasteiger partial charge in [0.15, 0.2) is 0 Å². The molecule has 0 aromatic heterocycles. The maximum Gasteiger partial charge on any atom is 0.339 e. The second-order valence-corrected chi connectivity index (χ2v) is 6.09. The summed E-state index contributed by atoms with van der Waals surface area (Å²) in [6.45, 7) is 2.37. The van der Waals surface area contributed by atoms with E-state index in [2.05, 4.69) is 9.46 Å². The lowest BCUT2D eigenvalue weighted by Crippen LogP contribution is -2.26. The highest BCUT2D eigenvalue weighted by Gasteiger charge is 2.22. The number of ether oxygens (including phenoxy) is 1. The van der Waals surface area contributed by atoms with E-state index in [1.165, 1.54) is 25.3 Å². The molecule has 0 unspecified atom stereocenters. The first-order valence-electron chi connectivity index (χ1n) is 6.40. The molecule has 1 aromatic rings. The van der Waals surface area contributed by atoms with Gasteiger partial charge >= 0.3 is 5.97 Å². The molecule has 6 nitrogen and oxygen atoms in total. The van der Waals surface area contributed by atoms with Crippen molar-refractivity contribution < 1.29 is 17.9 Å². The van der Waals surface area contributed by atoms with Crippen LogP contribution in [-0.2, 0) is 14.8 Å². The first-order valence-corrected chi connectivity index (χ1v) is 7.88. The number of nitrogens with one attached hydrogen (secondary N) is 1. The molecule has 1 aromatic carbocycles. The Labute approximate surface area is 119 Å². The number of unbranched alkanes of at least 4 members (excludes halogenated alkanes) is 2. The lowest BCUT2D eigenvalue weighted by molar-refractivity contribution is 0.0596. The summed E-state index contributed by atoms with van der Waals surface area (Å²) in [4.78, 5) is 11.5. The SMILES string of the molecule is CCCCCNS(=O)(=O)c1ccc(N)cc1C(=O)OC. The third-order valence-corrected chi connectivity index (χ3v) is 4.29. The average Bonchev–Trinajstić information content (AvgIpc) is 2.42. The van der Waals surface area contributed by atoms with E-state index in [1.807, 2.05) is 6.92 Å². The fourth-order valence-electron chi connectivity index (χ4n) is 1.71. The maximum atomic E-state index is 12.2. The number of rotatable bonds is 7. The molecule has 0 radical (unpaired) electrons. The minimum Gasteiger partial charge on any atom is -0.465 e. The van der Waals surface area contributed by atoms with Gasteiger partial charge in [0, 0.05) is 12.2 Å². The summed E-state index contributed by atoms with van der Waals surface area (Å²) in [5.74, 6) is -0.730. The van der Waals surface area contributed by atoms with Crippen LogP contribution in [-0.4, -0.2) is 28.0 Å². The van der Waals surface area contributed by atoms with Crippen LogP contribution >= 0.6 is 0 Å². The molecule has 20 heavy (non-hydrogen) atoms. The van der Waals surface area contributed by atoms with Crippen LogP contribution in [0, 0.1) is 0 Å². The molecule has 112 valence electrons. The summed E-state index contributed by atoms with van der Waals surface area (Å²) in [7, 11) is -2.56. The van der Waals surface area contributed by atoms with Crippen molar-refractivity contribution in [1.29, 1.82) is 0 Å². The molecule has 0 bridgehead atoms. The summed E-state index contributed by atoms with van der Waals surface area (Å²) in [5.41, 5.74) is 5.82. The van der Waals surface area contributed by atoms with Gasteiger partial charge in [-0.15, -0.1) is 0 Å². The van der Waals surface area contributed by atoms with Crippen molar-refractivity contribution in [2.24, 2.45) is 0 Å². The van der Waals surface area contributed by atoms with Crippen molar-refractivity contribution in [3.8, 4) is 0 Å². The lowest BCUT2D eigenvalue weighted by Gasteiger charge is -2.11. The molecule has 0 heterocycles. The molecular formula is C13H20N2O4S. The highest BCUT2D eigenvalue weighted by molar-refractivity contribution is 7.89. The van der Waals surface area contributed by atoms with Crippen LogP contribution in [0.5, 0.6) is 0 Å². The van der Waals surface area contributed by atoms with Gasteiger partial charge in [-0.05, 0) is 24.6 Å². The van der Waals surface area contributed by atoms with E-state index in [0.717, 1.165) is 19.3 Å². The Bertz CT molecular complexity index is 570. The van der Waals surface area contributed by atoms with Gasteiger partial charge in [0.25, 0.3) is 0 Å². The first-order chi connectivity index (χ1) is 9.42. The number of anilines is 1. The van der Waals surface area contributed by atoms with E-state index in [9.17, 15) is 13.2 Å². The van der Waals surface area contributed by atoms with Gasteiger partial charge in [0.05, 0.1) is 17.6 Å². The van der Waals surface area contributed by atoms with Crippen molar-refractivity contribution >= 4 is 21.7 Å². The number of carbonyl (C=O) groups excluding carboxylic acids is 1. The lowest BCUT2D eigenvalue weighted by atomic mass is 10.2. The topological polar surface area (TPSA) is 98.5 Å². The zero-order valence-corrected chi connectivity index (χ0v) is 12.5. The summed E-state index contributed by atoms with van der Waals surface area (Å²) in [6, 6.07) is 4.04. The van der Waals surface area contributed by atoms with Gasteiger partial charge in [-0.3, -0.25) is 0 Å². The molecule has 1 rings (SSSR count). The van der Waals surface area contributed by atoms with Gasteiger partial charge in [-0.1, -0.05) is 19.8 Å². The fraction of sp³-hybridized carbons (Fsp3) is 0.462. The van der Waals surface area contributed by atoms with Gasteiger partial charge < -0.3 is 10.5 Å². The third-order valence-electron chi connectivity index (χ3n) is 2.77. The number of methoxy groups -OCH3 is 1. The zero-order chi connectivity index (χ0) is 15.2. The number of sulfonamides is 1. The van der Waals surface area contributed by atoms with E-state index >= 15 is 0 Å². The Kier molecular flexibility index (Phi) is 5.97. The maximum absolute atomic E-state index is 12.2. The third kappa shape index (κ3) is 4.21. The van der Waals surface area contributed by atoms with Crippen LogP contribution in [0.1, 0.15) is 36.5 Å². The van der Waals surface area contributed by atoms with E-state index < -0.39 is 16.0 Å². The molecule has 7 heteroatoms. The minimum atomic E-state index is -3.75. The second kappa shape index (κ2) is 7.25. The smallest absolute Gasteiger partial charge is 0.339 e. The monoisotopic (exact) mass is 300 g/mol. The quantitative estimate of drug-likeness (QED) is 0.452. The van der Waals surface area contributed by atoms with Crippen molar-refractivity contribution in [3.05, 3.63) is 23.8 Å². The van der Waals surface area contributed by atoms with Gasteiger partial charge in [0.2, 0.25) is 10.0 Å². The molecule has 0 aliphatic heterocycles. The normalized spacial score (nSPS) is 11.3. The van der Waals surface area contributed by atoms with E-state index in [0.29, 0.717) is 12.2 Å². The van der Waals surface area contributed by atoms with E-state index in [4.69, 9.17) is 5.73 Å². The fourth-order valence-corrected chi connectivity index (χ4v) is 2.96. The minimum absolute atomic E-state index is 0.0597. The largest absolute Gasteiger partial charge is 0.465 e. The van der Waals surface area contributed by atoms with Crippen LogP contribution in [0.15, 0.2) is 23.1 Å². The number of carbonyl (C=O) groups is 1. The molecule has 0 fully saturated rings.